The molecule has 2 nitrogen and oxygen atoms in total. The fraction of sp³-hybridized carbons (Fsp3) is 0. The SMILES string of the molecule is [2H]c1c([2H])c([2H])c(N(c2ccc3c(c2)Oc2cccc4c(B(c5ccccc5)c5ccccc5)ccc-3c24)c2ccc3ccccc3c2)c([2H])c1[2H]. The normalized spacial score (nSPS) is 13.1. The smallest absolute Gasteiger partial charge is 0.241 e. The second-order valence-electron chi connectivity index (χ2n) is 11.8. The van der Waals surface area contributed by atoms with Gasteiger partial charge in [-0.2, -0.15) is 0 Å². The van der Waals surface area contributed by atoms with Crippen LogP contribution in [-0.2, 0) is 0 Å². The molecule has 0 aromatic heterocycles. The molecule has 47 heavy (non-hydrogen) atoms. The van der Waals surface area contributed by atoms with E-state index in [1.807, 2.05) is 84.9 Å². The van der Waals surface area contributed by atoms with Gasteiger partial charge in [0.15, 0.2) is 0 Å². The fourth-order valence-electron chi connectivity index (χ4n) is 6.95. The average Bonchev–Trinajstić information content (AvgIpc) is 3.19. The Bertz CT molecular complexity index is 2620. The molecule has 0 atom stereocenters. The highest BCUT2D eigenvalue weighted by Crippen LogP contribution is 2.48. The van der Waals surface area contributed by atoms with Crippen LogP contribution in [0.15, 0.2) is 182 Å². The van der Waals surface area contributed by atoms with Gasteiger partial charge in [0.2, 0.25) is 6.71 Å². The number of hydrogen-bond donors (Lipinski definition) is 0. The molecule has 8 aromatic carbocycles. The lowest BCUT2D eigenvalue weighted by Gasteiger charge is -2.29. The zero-order valence-electron chi connectivity index (χ0n) is 30.4. The molecule has 0 saturated heterocycles. The van der Waals surface area contributed by atoms with Gasteiger partial charge in [-0.1, -0.05) is 150 Å². The molecule has 0 spiro atoms. The second-order valence-corrected chi connectivity index (χ2v) is 11.8. The van der Waals surface area contributed by atoms with Crippen LogP contribution in [0.2, 0.25) is 0 Å². The molecule has 0 aliphatic carbocycles. The van der Waals surface area contributed by atoms with E-state index in [1.54, 1.807) is 4.90 Å². The highest BCUT2D eigenvalue weighted by Gasteiger charge is 2.28. The molecule has 1 aliphatic rings. The second kappa shape index (κ2) is 11.4. The van der Waals surface area contributed by atoms with Crippen LogP contribution < -0.4 is 26.0 Å². The maximum Gasteiger partial charge on any atom is 0.241 e. The van der Waals surface area contributed by atoms with Crippen molar-refractivity contribution in [2.75, 3.05) is 4.90 Å². The Kier molecular flexibility index (Phi) is 5.44. The molecule has 0 bridgehead atoms. The first-order chi connectivity index (χ1) is 25.4. The molecule has 0 fully saturated rings. The lowest BCUT2D eigenvalue weighted by atomic mass is 9.36. The summed E-state index contributed by atoms with van der Waals surface area (Å²) in [6.07, 6.45) is 0. The van der Waals surface area contributed by atoms with Crippen molar-refractivity contribution in [1.82, 2.24) is 0 Å². The Morgan fingerprint density at radius 1 is 0.489 bits per heavy atom. The highest BCUT2D eigenvalue weighted by molar-refractivity contribution is 6.96. The summed E-state index contributed by atoms with van der Waals surface area (Å²) in [5.74, 6) is 1.35. The van der Waals surface area contributed by atoms with Crippen molar-refractivity contribution >= 4 is 61.7 Å². The number of fused-ring (bicyclic) bond motifs is 3. The first-order valence-corrected chi connectivity index (χ1v) is 15.7. The van der Waals surface area contributed by atoms with E-state index in [0.29, 0.717) is 17.1 Å². The molecule has 0 saturated carbocycles. The van der Waals surface area contributed by atoms with Crippen molar-refractivity contribution in [3.05, 3.63) is 182 Å². The lowest BCUT2D eigenvalue weighted by Crippen LogP contribution is -2.52. The zero-order valence-corrected chi connectivity index (χ0v) is 25.4. The standard InChI is InChI=1S/C44H30BNO/c1-4-15-33(16-5-1)45(34-17-6-2-7-18-34)41-28-27-39-38-26-25-37(30-43(38)47-42-22-12-21-40(41)44(39)42)46(35-19-8-3-9-20-35)36-24-23-31-13-10-11-14-32(31)29-36/h1-30H/i3D,8D,9D,19D,20D. The summed E-state index contributed by atoms with van der Waals surface area (Å²) < 4.78 is 49.8. The van der Waals surface area contributed by atoms with Crippen molar-refractivity contribution in [2.45, 2.75) is 0 Å². The van der Waals surface area contributed by atoms with Crippen LogP contribution in [0.1, 0.15) is 6.85 Å². The largest absolute Gasteiger partial charge is 0.456 e. The summed E-state index contributed by atoms with van der Waals surface area (Å²) in [7, 11) is 0. The quantitative estimate of drug-likeness (QED) is 0.175. The summed E-state index contributed by atoms with van der Waals surface area (Å²) >= 11 is 0. The van der Waals surface area contributed by atoms with Crippen LogP contribution in [0, 0.1) is 0 Å². The lowest BCUT2D eigenvalue weighted by molar-refractivity contribution is 0.487. The van der Waals surface area contributed by atoms with Crippen LogP contribution in [0.4, 0.5) is 17.1 Å². The number of ether oxygens (including phenoxy) is 1. The molecule has 8 aromatic rings. The van der Waals surface area contributed by atoms with Crippen LogP contribution in [0.3, 0.4) is 0 Å². The highest BCUT2D eigenvalue weighted by atomic mass is 16.5. The number of anilines is 3. The van der Waals surface area contributed by atoms with Crippen LogP contribution >= 0.6 is 0 Å². The monoisotopic (exact) mass is 604 g/mol. The molecule has 1 heterocycles. The summed E-state index contributed by atoms with van der Waals surface area (Å²) in [4.78, 5) is 1.74. The van der Waals surface area contributed by atoms with E-state index in [2.05, 4.69) is 66.7 Å². The number of rotatable bonds is 6. The number of benzene rings is 8. The van der Waals surface area contributed by atoms with E-state index in [4.69, 9.17) is 11.6 Å². The third kappa shape index (κ3) is 4.76. The molecule has 0 radical (unpaired) electrons. The topological polar surface area (TPSA) is 12.5 Å². The van der Waals surface area contributed by atoms with Crippen molar-refractivity contribution in [3.63, 3.8) is 0 Å². The van der Waals surface area contributed by atoms with Crippen LogP contribution in [-0.4, -0.2) is 6.71 Å². The molecule has 0 amide bonds. The van der Waals surface area contributed by atoms with Gasteiger partial charge in [0, 0.05) is 34.1 Å². The van der Waals surface area contributed by atoms with Gasteiger partial charge in [-0.05, 0) is 64.1 Å². The van der Waals surface area contributed by atoms with Crippen LogP contribution in [0.5, 0.6) is 11.5 Å². The average molecular weight is 605 g/mol. The molecule has 1 aliphatic heterocycles. The van der Waals surface area contributed by atoms with Gasteiger partial charge < -0.3 is 9.64 Å². The Labute approximate surface area is 282 Å². The summed E-state index contributed by atoms with van der Waals surface area (Å²) in [5, 5.41) is 4.15. The van der Waals surface area contributed by atoms with E-state index in [1.165, 1.54) is 16.4 Å². The minimum absolute atomic E-state index is 0.0167. The number of hydrogen-bond acceptors (Lipinski definition) is 2. The van der Waals surface area contributed by atoms with Crippen molar-refractivity contribution in [1.29, 1.82) is 0 Å². The molecular formula is C44H30BNO. The van der Waals surface area contributed by atoms with Gasteiger partial charge in [0.05, 0.1) is 6.85 Å². The Balaban J connectivity index is 1.22. The van der Waals surface area contributed by atoms with Gasteiger partial charge in [-0.25, -0.2) is 0 Å². The molecule has 9 rings (SSSR count). The van der Waals surface area contributed by atoms with Crippen LogP contribution in [0.25, 0.3) is 32.7 Å². The Morgan fingerprint density at radius 2 is 1.15 bits per heavy atom. The third-order valence-corrected chi connectivity index (χ3v) is 9.05. The van der Waals surface area contributed by atoms with Gasteiger partial charge in [0.1, 0.15) is 11.5 Å². The van der Waals surface area contributed by atoms with Crippen molar-refractivity contribution < 1.29 is 11.6 Å². The van der Waals surface area contributed by atoms with Crippen molar-refractivity contribution in [2.24, 2.45) is 0 Å². The van der Waals surface area contributed by atoms with E-state index in [0.717, 1.165) is 38.4 Å². The minimum atomic E-state index is -0.433. The first kappa shape index (κ1) is 22.5. The van der Waals surface area contributed by atoms with E-state index in [9.17, 15) is 0 Å². The van der Waals surface area contributed by atoms with E-state index >= 15 is 0 Å². The first-order valence-electron chi connectivity index (χ1n) is 18.2. The van der Waals surface area contributed by atoms with Gasteiger partial charge >= 0.3 is 0 Å². The number of para-hydroxylation sites is 1. The summed E-state index contributed by atoms with van der Waals surface area (Å²) in [6.45, 7) is 0.0167. The van der Waals surface area contributed by atoms with Gasteiger partial charge in [-0.3, -0.25) is 0 Å². The van der Waals surface area contributed by atoms with E-state index < -0.39 is 18.1 Å². The fourth-order valence-corrected chi connectivity index (χ4v) is 6.95. The Hall–Kier alpha value is -6.06. The molecule has 220 valence electrons. The molecule has 0 unspecified atom stereocenters. The van der Waals surface area contributed by atoms with Gasteiger partial charge in [0.25, 0.3) is 0 Å². The molecular weight excluding hydrogens is 569 g/mol. The predicted molar refractivity (Wildman–Crippen MR) is 199 cm³/mol. The predicted octanol–water partition coefficient (Wildman–Crippen LogP) is 9.75. The maximum atomic E-state index is 8.92. The zero-order chi connectivity index (χ0) is 35.5. The molecule has 3 heteroatoms. The minimum Gasteiger partial charge on any atom is -0.456 e. The van der Waals surface area contributed by atoms with Gasteiger partial charge in [-0.15, -0.1) is 0 Å². The summed E-state index contributed by atoms with van der Waals surface area (Å²) in [5.41, 5.74) is 6.88. The van der Waals surface area contributed by atoms with Crippen molar-refractivity contribution in [3.8, 4) is 22.6 Å². The maximum absolute atomic E-state index is 8.92. The Morgan fingerprint density at radius 3 is 1.91 bits per heavy atom. The number of nitrogens with zero attached hydrogens (tertiary/aromatic N) is 1. The third-order valence-electron chi connectivity index (χ3n) is 9.05. The summed E-state index contributed by atoms with van der Waals surface area (Å²) in [6, 6.07) is 49.6. The molecule has 0 N–H and O–H groups in total. The van der Waals surface area contributed by atoms with E-state index in [-0.39, 0.29) is 24.5 Å².